The highest BCUT2D eigenvalue weighted by Crippen LogP contribution is 2.19. The standard InChI is InChI=1S/C14H27F3N4/c1-4-18-13(19-6-5-14(15,16)17)21-9-7-20(8-10-21)11-12(2)3/h12H,4-11H2,1-3H3,(H,18,19). The monoisotopic (exact) mass is 308 g/mol. The van der Waals surface area contributed by atoms with Gasteiger partial charge in [0.1, 0.15) is 0 Å². The predicted octanol–water partition coefficient (Wildman–Crippen LogP) is 2.18. The molecule has 0 amide bonds. The second kappa shape index (κ2) is 8.46. The van der Waals surface area contributed by atoms with E-state index in [-0.39, 0.29) is 6.54 Å². The number of nitrogens with zero attached hydrogens (tertiary/aromatic N) is 3. The molecule has 1 aliphatic heterocycles. The Balaban J connectivity index is 2.48. The maximum absolute atomic E-state index is 12.2. The van der Waals surface area contributed by atoms with E-state index in [0.717, 1.165) is 32.7 Å². The fourth-order valence-corrected chi connectivity index (χ4v) is 2.37. The molecule has 124 valence electrons. The van der Waals surface area contributed by atoms with Crippen LogP contribution >= 0.6 is 0 Å². The van der Waals surface area contributed by atoms with Crippen molar-refractivity contribution in [3.63, 3.8) is 0 Å². The van der Waals surface area contributed by atoms with Crippen LogP contribution in [0.2, 0.25) is 0 Å². The lowest BCUT2D eigenvalue weighted by Gasteiger charge is -2.37. The molecule has 0 aliphatic carbocycles. The molecule has 0 aromatic carbocycles. The first-order chi connectivity index (χ1) is 9.81. The van der Waals surface area contributed by atoms with Crippen molar-refractivity contribution < 1.29 is 13.2 Å². The Hall–Kier alpha value is -0.980. The van der Waals surface area contributed by atoms with Crippen molar-refractivity contribution in [1.29, 1.82) is 0 Å². The topological polar surface area (TPSA) is 30.9 Å². The summed E-state index contributed by atoms with van der Waals surface area (Å²) in [4.78, 5) is 8.54. The summed E-state index contributed by atoms with van der Waals surface area (Å²) in [5.74, 6) is 1.23. The van der Waals surface area contributed by atoms with Crippen LogP contribution in [0.5, 0.6) is 0 Å². The molecule has 0 unspecified atom stereocenters. The van der Waals surface area contributed by atoms with Crippen LogP contribution < -0.4 is 5.32 Å². The van der Waals surface area contributed by atoms with Crippen molar-refractivity contribution in [3.05, 3.63) is 0 Å². The summed E-state index contributed by atoms with van der Waals surface area (Å²) in [5, 5.41) is 3.08. The fraction of sp³-hybridized carbons (Fsp3) is 0.929. The number of alkyl halides is 3. The second-order valence-electron chi connectivity index (χ2n) is 5.78. The Morgan fingerprint density at radius 2 is 1.81 bits per heavy atom. The molecule has 0 aromatic heterocycles. The molecule has 1 saturated heterocycles. The van der Waals surface area contributed by atoms with Crippen LogP contribution in [-0.2, 0) is 0 Å². The first kappa shape index (κ1) is 18.1. The summed E-state index contributed by atoms with van der Waals surface area (Å²) in [6.07, 6.45) is -5.01. The summed E-state index contributed by atoms with van der Waals surface area (Å²) < 4.78 is 36.6. The van der Waals surface area contributed by atoms with Gasteiger partial charge in [0.25, 0.3) is 0 Å². The van der Waals surface area contributed by atoms with Crippen molar-refractivity contribution in [3.8, 4) is 0 Å². The zero-order chi connectivity index (χ0) is 15.9. The number of hydrogen-bond donors (Lipinski definition) is 1. The summed E-state index contributed by atoms with van der Waals surface area (Å²) in [5.41, 5.74) is 0. The molecule has 4 nitrogen and oxygen atoms in total. The Morgan fingerprint density at radius 3 is 2.29 bits per heavy atom. The maximum atomic E-state index is 12.2. The molecule has 0 atom stereocenters. The van der Waals surface area contributed by atoms with E-state index in [2.05, 4.69) is 34.0 Å². The number of aliphatic imine (C=N–C) groups is 1. The van der Waals surface area contributed by atoms with E-state index < -0.39 is 12.6 Å². The predicted molar refractivity (Wildman–Crippen MR) is 79.5 cm³/mol. The van der Waals surface area contributed by atoms with Gasteiger partial charge in [-0.05, 0) is 12.8 Å². The summed E-state index contributed by atoms with van der Waals surface area (Å²) in [6, 6.07) is 0. The van der Waals surface area contributed by atoms with Gasteiger partial charge in [-0.2, -0.15) is 13.2 Å². The van der Waals surface area contributed by atoms with Gasteiger partial charge in [0.05, 0.1) is 13.0 Å². The molecule has 1 N–H and O–H groups in total. The van der Waals surface area contributed by atoms with Crippen LogP contribution in [0, 0.1) is 5.92 Å². The van der Waals surface area contributed by atoms with Crippen molar-refractivity contribution in [2.45, 2.75) is 33.4 Å². The SMILES string of the molecule is CCNC(=NCCC(F)(F)F)N1CCN(CC(C)C)CC1. The number of nitrogens with one attached hydrogen (secondary N) is 1. The Kier molecular flexibility index (Phi) is 7.28. The number of guanidine groups is 1. The third kappa shape index (κ3) is 7.55. The van der Waals surface area contributed by atoms with Crippen LogP contribution in [0.15, 0.2) is 4.99 Å². The van der Waals surface area contributed by atoms with Gasteiger partial charge in [-0.1, -0.05) is 13.8 Å². The molecule has 7 heteroatoms. The largest absolute Gasteiger partial charge is 0.390 e. The Labute approximate surface area is 125 Å². The maximum Gasteiger partial charge on any atom is 0.390 e. The zero-order valence-electron chi connectivity index (χ0n) is 13.2. The highest BCUT2D eigenvalue weighted by molar-refractivity contribution is 5.80. The summed E-state index contributed by atoms with van der Waals surface area (Å²) >= 11 is 0. The van der Waals surface area contributed by atoms with E-state index >= 15 is 0 Å². The van der Waals surface area contributed by atoms with E-state index in [0.29, 0.717) is 18.4 Å². The number of halogens is 3. The Bertz CT molecular complexity index is 321. The lowest BCUT2D eigenvalue weighted by molar-refractivity contribution is -0.132. The average Bonchev–Trinajstić information content (AvgIpc) is 2.36. The van der Waals surface area contributed by atoms with Crippen LogP contribution in [0.4, 0.5) is 13.2 Å². The van der Waals surface area contributed by atoms with Crippen molar-refractivity contribution in [2.24, 2.45) is 10.9 Å². The number of rotatable bonds is 5. The highest BCUT2D eigenvalue weighted by Gasteiger charge is 2.26. The molecule has 0 saturated carbocycles. The first-order valence-corrected chi connectivity index (χ1v) is 7.64. The van der Waals surface area contributed by atoms with Gasteiger partial charge in [-0.15, -0.1) is 0 Å². The molecule has 0 bridgehead atoms. The normalized spacial score (nSPS) is 18.4. The van der Waals surface area contributed by atoms with Crippen LogP contribution in [0.3, 0.4) is 0 Å². The molecule has 0 radical (unpaired) electrons. The van der Waals surface area contributed by atoms with Gasteiger partial charge in [-0.25, -0.2) is 0 Å². The minimum absolute atomic E-state index is 0.210. The Morgan fingerprint density at radius 1 is 1.19 bits per heavy atom. The molecule has 1 heterocycles. The zero-order valence-corrected chi connectivity index (χ0v) is 13.2. The number of piperazine rings is 1. The van der Waals surface area contributed by atoms with Gasteiger partial charge in [0.2, 0.25) is 0 Å². The minimum atomic E-state index is -4.14. The third-order valence-corrected chi connectivity index (χ3v) is 3.29. The van der Waals surface area contributed by atoms with Gasteiger partial charge in [0, 0.05) is 39.3 Å². The average molecular weight is 308 g/mol. The summed E-state index contributed by atoms with van der Waals surface area (Å²) in [7, 11) is 0. The quantitative estimate of drug-likeness (QED) is 0.624. The molecule has 0 aromatic rings. The van der Waals surface area contributed by atoms with Crippen molar-refractivity contribution in [1.82, 2.24) is 15.1 Å². The van der Waals surface area contributed by atoms with Gasteiger partial charge in [-0.3, -0.25) is 9.89 Å². The molecular weight excluding hydrogens is 281 g/mol. The molecule has 1 fully saturated rings. The molecule has 21 heavy (non-hydrogen) atoms. The smallest absolute Gasteiger partial charge is 0.357 e. The number of hydrogen-bond acceptors (Lipinski definition) is 2. The van der Waals surface area contributed by atoms with E-state index in [1.54, 1.807) is 0 Å². The molecule has 1 aliphatic rings. The fourth-order valence-electron chi connectivity index (χ4n) is 2.37. The van der Waals surface area contributed by atoms with E-state index in [9.17, 15) is 13.2 Å². The van der Waals surface area contributed by atoms with Crippen LogP contribution in [0.25, 0.3) is 0 Å². The van der Waals surface area contributed by atoms with E-state index in [1.165, 1.54) is 0 Å². The molecular formula is C14H27F3N4. The molecule has 0 spiro atoms. The van der Waals surface area contributed by atoms with Gasteiger partial charge in [0.15, 0.2) is 5.96 Å². The van der Waals surface area contributed by atoms with Crippen LogP contribution in [0.1, 0.15) is 27.2 Å². The highest BCUT2D eigenvalue weighted by atomic mass is 19.4. The van der Waals surface area contributed by atoms with E-state index in [1.807, 2.05) is 6.92 Å². The van der Waals surface area contributed by atoms with Crippen LogP contribution in [-0.4, -0.2) is 67.7 Å². The minimum Gasteiger partial charge on any atom is -0.357 e. The lowest BCUT2D eigenvalue weighted by atomic mass is 10.2. The van der Waals surface area contributed by atoms with Gasteiger partial charge < -0.3 is 10.2 Å². The third-order valence-electron chi connectivity index (χ3n) is 3.29. The van der Waals surface area contributed by atoms with Gasteiger partial charge >= 0.3 is 6.18 Å². The summed E-state index contributed by atoms with van der Waals surface area (Å²) in [6.45, 7) is 11.3. The first-order valence-electron chi connectivity index (χ1n) is 7.64. The second-order valence-corrected chi connectivity index (χ2v) is 5.78. The van der Waals surface area contributed by atoms with Crippen molar-refractivity contribution >= 4 is 5.96 Å². The lowest BCUT2D eigenvalue weighted by Crippen LogP contribution is -2.53. The van der Waals surface area contributed by atoms with Crippen molar-refractivity contribution in [2.75, 3.05) is 45.8 Å². The molecule has 1 rings (SSSR count). The van der Waals surface area contributed by atoms with E-state index in [4.69, 9.17) is 0 Å².